The molecule has 0 bridgehead atoms. The molecule has 2 aromatic rings. The number of hydrogen-bond acceptors (Lipinski definition) is 4. The van der Waals surface area contributed by atoms with E-state index in [1.54, 1.807) is 42.5 Å². The Balaban J connectivity index is 1.26. The van der Waals surface area contributed by atoms with E-state index in [9.17, 15) is 14.4 Å². The molecule has 2 fully saturated rings. The van der Waals surface area contributed by atoms with Crippen LogP contribution >= 0.6 is 11.6 Å². The van der Waals surface area contributed by atoms with E-state index in [1.165, 1.54) is 12.8 Å². The molecule has 4 N–H and O–H groups in total. The molecular formula is C28H35ClN4O3. The average Bonchev–Trinajstić information content (AvgIpc) is 2.89. The highest BCUT2D eigenvalue weighted by molar-refractivity contribution is 6.34. The number of halogens is 1. The van der Waals surface area contributed by atoms with Crippen LogP contribution in [0.1, 0.15) is 84.9 Å². The first kappa shape index (κ1) is 26.0. The van der Waals surface area contributed by atoms with Crippen LogP contribution in [-0.2, 0) is 4.79 Å². The van der Waals surface area contributed by atoms with Gasteiger partial charge in [0.2, 0.25) is 5.91 Å². The smallest absolute Gasteiger partial charge is 0.253 e. The van der Waals surface area contributed by atoms with Crippen LogP contribution < -0.4 is 21.3 Å². The summed E-state index contributed by atoms with van der Waals surface area (Å²) in [5, 5.41) is 12.4. The molecule has 0 unspecified atom stereocenters. The van der Waals surface area contributed by atoms with Gasteiger partial charge in [0.05, 0.1) is 17.1 Å². The number of amides is 3. The Morgan fingerprint density at radius 1 is 0.722 bits per heavy atom. The molecule has 192 valence electrons. The van der Waals surface area contributed by atoms with Gasteiger partial charge in [-0.25, -0.2) is 0 Å². The second-order valence-corrected chi connectivity index (χ2v) is 10.2. The van der Waals surface area contributed by atoms with E-state index >= 15 is 0 Å². The highest BCUT2D eigenvalue weighted by Gasteiger charge is 2.19. The zero-order valence-corrected chi connectivity index (χ0v) is 21.3. The summed E-state index contributed by atoms with van der Waals surface area (Å²) in [4.78, 5) is 37.6. The van der Waals surface area contributed by atoms with Gasteiger partial charge in [0, 0.05) is 29.0 Å². The Hall–Kier alpha value is -3.06. The highest BCUT2D eigenvalue weighted by Crippen LogP contribution is 2.23. The highest BCUT2D eigenvalue weighted by atomic mass is 35.5. The topological polar surface area (TPSA) is 99.3 Å². The van der Waals surface area contributed by atoms with Gasteiger partial charge in [0.25, 0.3) is 11.8 Å². The van der Waals surface area contributed by atoms with Crippen molar-refractivity contribution in [3.63, 3.8) is 0 Å². The lowest BCUT2D eigenvalue weighted by molar-refractivity contribution is -0.114. The largest absolute Gasteiger partial charge is 0.376 e. The van der Waals surface area contributed by atoms with Gasteiger partial charge in [-0.2, -0.15) is 0 Å². The summed E-state index contributed by atoms with van der Waals surface area (Å²) >= 11 is 6.27. The van der Waals surface area contributed by atoms with Crippen molar-refractivity contribution in [3.05, 3.63) is 58.6 Å². The molecule has 0 spiro atoms. The van der Waals surface area contributed by atoms with Crippen molar-refractivity contribution in [3.8, 4) is 0 Å². The third kappa shape index (κ3) is 7.47. The molecule has 7 nitrogen and oxygen atoms in total. The van der Waals surface area contributed by atoms with Gasteiger partial charge in [-0.3, -0.25) is 14.4 Å². The molecule has 0 radical (unpaired) electrons. The fraction of sp³-hybridized carbons (Fsp3) is 0.464. The number of carbonyl (C=O) groups is 3. The van der Waals surface area contributed by atoms with Crippen molar-refractivity contribution in [2.75, 3.05) is 17.2 Å². The molecule has 36 heavy (non-hydrogen) atoms. The Morgan fingerprint density at radius 3 is 1.89 bits per heavy atom. The first-order valence-electron chi connectivity index (χ1n) is 13.0. The number of anilines is 2. The molecule has 0 heterocycles. The number of rotatable bonds is 8. The molecule has 2 aliphatic carbocycles. The zero-order valence-electron chi connectivity index (χ0n) is 20.6. The summed E-state index contributed by atoms with van der Waals surface area (Å²) in [6, 6.07) is 12.4. The van der Waals surface area contributed by atoms with Gasteiger partial charge < -0.3 is 21.3 Å². The van der Waals surface area contributed by atoms with E-state index < -0.39 is 0 Å². The van der Waals surface area contributed by atoms with Gasteiger partial charge >= 0.3 is 0 Å². The minimum absolute atomic E-state index is 0.0230. The van der Waals surface area contributed by atoms with Gasteiger partial charge in [-0.15, -0.1) is 0 Å². The van der Waals surface area contributed by atoms with Gasteiger partial charge in [-0.05, 0) is 68.1 Å². The quantitative estimate of drug-likeness (QED) is 0.376. The average molecular weight is 511 g/mol. The summed E-state index contributed by atoms with van der Waals surface area (Å²) in [5.74, 6) is -0.502. The van der Waals surface area contributed by atoms with Crippen LogP contribution in [0.15, 0.2) is 42.5 Å². The second-order valence-electron chi connectivity index (χ2n) is 9.79. The maximum Gasteiger partial charge on any atom is 0.253 e. The van der Waals surface area contributed by atoms with Crippen LogP contribution in [0.4, 0.5) is 11.4 Å². The minimum Gasteiger partial charge on any atom is -0.376 e. The third-order valence-corrected chi connectivity index (χ3v) is 7.31. The summed E-state index contributed by atoms with van der Waals surface area (Å²) in [7, 11) is 0. The summed E-state index contributed by atoms with van der Waals surface area (Å²) in [6.07, 6.45) is 11.1. The van der Waals surface area contributed by atoms with Crippen molar-refractivity contribution in [2.45, 2.75) is 76.3 Å². The molecule has 4 rings (SSSR count). The van der Waals surface area contributed by atoms with Crippen LogP contribution in [0.3, 0.4) is 0 Å². The van der Waals surface area contributed by atoms with Crippen LogP contribution in [0.5, 0.6) is 0 Å². The predicted molar refractivity (Wildman–Crippen MR) is 144 cm³/mol. The molecule has 2 saturated carbocycles. The fourth-order valence-corrected chi connectivity index (χ4v) is 5.13. The molecule has 0 saturated heterocycles. The Bertz CT molecular complexity index is 1060. The van der Waals surface area contributed by atoms with Crippen LogP contribution in [-0.4, -0.2) is 36.3 Å². The summed E-state index contributed by atoms with van der Waals surface area (Å²) in [5.41, 5.74) is 2.23. The molecular weight excluding hydrogens is 476 g/mol. The van der Waals surface area contributed by atoms with Crippen LogP contribution in [0.2, 0.25) is 5.02 Å². The number of hydrogen-bond donors (Lipinski definition) is 4. The van der Waals surface area contributed by atoms with Gasteiger partial charge in [-0.1, -0.05) is 50.1 Å². The fourth-order valence-electron chi connectivity index (χ4n) is 4.93. The molecule has 0 aliphatic heterocycles. The van der Waals surface area contributed by atoms with Crippen molar-refractivity contribution < 1.29 is 14.4 Å². The SMILES string of the molecule is O=C(CNc1ccc(Cl)c(C(=O)NC2CCCCC2)c1)Nc1ccc(C(=O)NC2CCCCC2)cc1. The first-order valence-corrected chi connectivity index (χ1v) is 13.4. The number of nitrogens with one attached hydrogen (secondary N) is 4. The molecule has 0 aromatic heterocycles. The molecule has 2 aromatic carbocycles. The normalized spacial score (nSPS) is 16.7. The lowest BCUT2D eigenvalue weighted by atomic mass is 9.95. The van der Waals surface area contributed by atoms with E-state index in [-0.39, 0.29) is 36.3 Å². The standard InChI is InChI=1S/C28H35ClN4O3/c29-25-16-15-23(17-24(25)28(36)33-21-9-5-2-6-10-21)30-18-26(34)31-22-13-11-19(12-14-22)27(35)32-20-7-3-1-4-8-20/h11-17,20-21,30H,1-10,18H2,(H,31,34)(H,32,35)(H,33,36). The maximum absolute atomic E-state index is 12.7. The van der Waals surface area contributed by atoms with Crippen LogP contribution in [0.25, 0.3) is 0 Å². The van der Waals surface area contributed by atoms with Crippen molar-refractivity contribution in [1.82, 2.24) is 10.6 Å². The number of carbonyl (C=O) groups excluding carboxylic acids is 3. The Morgan fingerprint density at radius 2 is 1.28 bits per heavy atom. The second kappa shape index (κ2) is 12.8. The van der Waals surface area contributed by atoms with Crippen molar-refractivity contribution in [1.29, 1.82) is 0 Å². The van der Waals surface area contributed by atoms with E-state index in [0.717, 1.165) is 51.4 Å². The van der Waals surface area contributed by atoms with Gasteiger partial charge in [0.1, 0.15) is 0 Å². The molecule has 3 amide bonds. The zero-order chi connectivity index (χ0) is 25.3. The Kier molecular flexibility index (Phi) is 9.23. The minimum atomic E-state index is -0.238. The van der Waals surface area contributed by atoms with Gasteiger partial charge in [0.15, 0.2) is 0 Å². The maximum atomic E-state index is 12.7. The monoisotopic (exact) mass is 510 g/mol. The van der Waals surface area contributed by atoms with Crippen LogP contribution in [0, 0.1) is 0 Å². The summed E-state index contributed by atoms with van der Waals surface area (Å²) in [6.45, 7) is 0.0230. The lowest BCUT2D eigenvalue weighted by Crippen LogP contribution is -2.36. The van der Waals surface area contributed by atoms with Crippen molar-refractivity contribution in [2.24, 2.45) is 0 Å². The number of benzene rings is 2. The first-order chi connectivity index (χ1) is 17.5. The molecule has 8 heteroatoms. The molecule has 2 aliphatic rings. The Labute approximate surface area is 217 Å². The third-order valence-electron chi connectivity index (χ3n) is 6.98. The van der Waals surface area contributed by atoms with E-state index in [0.29, 0.717) is 27.5 Å². The molecule has 0 atom stereocenters. The van der Waals surface area contributed by atoms with Crippen molar-refractivity contribution >= 4 is 40.7 Å². The van der Waals surface area contributed by atoms with E-state index in [4.69, 9.17) is 11.6 Å². The lowest BCUT2D eigenvalue weighted by Gasteiger charge is -2.23. The predicted octanol–water partition coefficient (Wildman–Crippen LogP) is 5.52. The van der Waals surface area contributed by atoms with E-state index in [1.807, 2.05) is 0 Å². The summed E-state index contributed by atoms with van der Waals surface area (Å²) < 4.78 is 0. The van der Waals surface area contributed by atoms with E-state index in [2.05, 4.69) is 21.3 Å².